The number of benzene rings is 1. The molecule has 3 nitrogen and oxygen atoms in total. The fourth-order valence-electron chi connectivity index (χ4n) is 2.73. The van der Waals surface area contributed by atoms with Gasteiger partial charge in [-0.05, 0) is 36.6 Å². The molecule has 0 saturated carbocycles. The molecule has 0 bridgehead atoms. The minimum atomic E-state index is -4.37. The number of ether oxygens (including phenoxy) is 2. The van der Waals surface area contributed by atoms with E-state index in [0.29, 0.717) is 43.9 Å². The van der Waals surface area contributed by atoms with Gasteiger partial charge in [-0.2, -0.15) is 13.2 Å². The summed E-state index contributed by atoms with van der Waals surface area (Å²) < 4.78 is 50.6. The van der Waals surface area contributed by atoms with Crippen LogP contribution in [0.3, 0.4) is 0 Å². The van der Waals surface area contributed by atoms with Gasteiger partial charge in [0.05, 0.1) is 18.8 Å². The Balaban J connectivity index is 2.07. The Kier molecular flexibility index (Phi) is 3.50. The predicted octanol–water partition coefficient (Wildman–Crippen LogP) is 2.94. The summed E-state index contributed by atoms with van der Waals surface area (Å²) in [5.41, 5.74) is -0.290. The standard InChI is InChI=1S/C14H16F3NO2/c15-14(16,17)11-7-13-12(19-4-1-5-20-13)6-10(11)9-2-3-18-8-9/h6-7,9,18H,1-5,8H2. The molecule has 1 unspecified atom stereocenters. The third-order valence-corrected chi connectivity index (χ3v) is 3.73. The van der Waals surface area contributed by atoms with Crippen LogP contribution in [0.4, 0.5) is 13.2 Å². The highest BCUT2D eigenvalue weighted by Crippen LogP contribution is 2.43. The van der Waals surface area contributed by atoms with E-state index in [1.54, 1.807) is 0 Å². The molecule has 20 heavy (non-hydrogen) atoms. The first-order valence-corrected chi connectivity index (χ1v) is 6.77. The Hall–Kier alpha value is -1.43. The van der Waals surface area contributed by atoms with E-state index in [9.17, 15) is 13.2 Å². The van der Waals surface area contributed by atoms with Gasteiger partial charge in [-0.15, -0.1) is 0 Å². The second kappa shape index (κ2) is 5.16. The first-order chi connectivity index (χ1) is 9.55. The molecule has 2 heterocycles. The smallest absolute Gasteiger partial charge is 0.416 e. The lowest BCUT2D eigenvalue weighted by Crippen LogP contribution is -2.15. The van der Waals surface area contributed by atoms with Crippen LogP contribution < -0.4 is 14.8 Å². The average Bonchev–Trinajstić information content (AvgIpc) is 2.82. The highest BCUT2D eigenvalue weighted by Gasteiger charge is 2.37. The van der Waals surface area contributed by atoms with Crippen LogP contribution in [0.2, 0.25) is 0 Å². The van der Waals surface area contributed by atoms with Crippen molar-refractivity contribution in [3.8, 4) is 11.5 Å². The Morgan fingerprint density at radius 3 is 2.40 bits per heavy atom. The fraction of sp³-hybridized carbons (Fsp3) is 0.571. The van der Waals surface area contributed by atoms with Gasteiger partial charge < -0.3 is 14.8 Å². The zero-order valence-corrected chi connectivity index (χ0v) is 10.9. The van der Waals surface area contributed by atoms with E-state index in [1.165, 1.54) is 6.07 Å². The molecule has 3 rings (SSSR count). The number of hydrogen-bond acceptors (Lipinski definition) is 3. The van der Waals surface area contributed by atoms with E-state index in [4.69, 9.17) is 9.47 Å². The van der Waals surface area contributed by atoms with Gasteiger partial charge in [-0.25, -0.2) is 0 Å². The van der Waals surface area contributed by atoms with Crippen molar-refractivity contribution in [2.24, 2.45) is 0 Å². The van der Waals surface area contributed by atoms with Crippen LogP contribution in [-0.2, 0) is 6.18 Å². The number of fused-ring (bicyclic) bond motifs is 1. The lowest BCUT2D eigenvalue weighted by molar-refractivity contribution is -0.138. The maximum atomic E-state index is 13.3. The summed E-state index contributed by atoms with van der Waals surface area (Å²) in [6.07, 6.45) is -2.98. The molecule has 0 radical (unpaired) electrons. The topological polar surface area (TPSA) is 30.5 Å². The zero-order valence-electron chi connectivity index (χ0n) is 10.9. The molecule has 1 atom stereocenters. The van der Waals surface area contributed by atoms with Crippen LogP contribution in [0.25, 0.3) is 0 Å². The quantitative estimate of drug-likeness (QED) is 0.861. The number of halogens is 3. The van der Waals surface area contributed by atoms with Crippen molar-refractivity contribution >= 4 is 0 Å². The summed E-state index contributed by atoms with van der Waals surface area (Å²) in [6, 6.07) is 2.61. The summed E-state index contributed by atoms with van der Waals surface area (Å²) in [4.78, 5) is 0. The van der Waals surface area contributed by atoms with Crippen LogP contribution in [0.15, 0.2) is 12.1 Å². The first kappa shape index (κ1) is 13.5. The Morgan fingerprint density at radius 1 is 1.10 bits per heavy atom. The fourth-order valence-corrected chi connectivity index (χ4v) is 2.73. The van der Waals surface area contributed by atoms with Gasteiger partial charge in [0.25, 0.3) is 0 Å². The number of hydrogen-bond donors (Lipinski definition) is 1. The third-order valence-electron chi connectivity index (χ3n) is 3.73. The second-order valence-corrected chi connectivity index (χ2v) is 5.12. The lowest BCUT2D eigenvalue weighted by atomic mass is 9.92. The van der Waals surface area contributed by atoms with Crippen molar-refractivity contribution < 1.29 is 22.6 Å². The van der Waals surface area contributed by atoms with Crippen LogP contribution in [0.5, 0.6) is 11.5 Å². The highest BCUT2D eigenvalue weighted by molar-refractivity contribution is 5.50. The number of rotatable bonds is 1. The van der Waals surface area contributed by atoms with E-state index in [0.717, 1.165) is 12.6 Å². The van der Waals surface area contributed by atoms with Gasteiger partial charge in [0.2, 0.25) is 0 Å². The lowest BCUT2D eigenvalue weighted by Gasteiger charge is -2.20. The third kappa shape index (κ3) is 2.57. The molecule has 0 aromatic heterocycles. The molecule has 1 saturated heterocycles. The molecule has 2 aliphatic heterocycles. The van der Waals surface area contributed by atoms with E-state index < -0.39 is 11.7 Å². The number of alkyl halides is 3. The van der Waals surface area contributed by atoms with E-state index in [2.05, 4.69) is 5.32 Å². The van der Waals surface area contributed by atoms with E-state index in [1.807, 2.05) is 0 Å². The summed E-state index contributed by atoms with van der Waals surface area (Å²) >= 11 is 0. The largest absolute Gasteiger partial charge is 0.490 e. The molecule has 0 amide bonds. The maximum Gasteiger partial charge on any atom is 0.416 e. The maximum absolute atomic E-state index is 13.3. The Labute approximate surface area is 115 Å². The molecule has 0 aliphatic carbocycles. The molecule has 0 spiro atoms. The second-order valence-electron chi connectivity index (χ2n) is 5.12. The van der Waals surface area contributed by atoms with Crippen molar-refractivity contribution in [3.05, 3.63) is 23.3 Å². The molecular weight excluding hydrogens is 271 g/mol. The monoisotopic (exact) mass is 287 g/mol. The summed E-state index contributed by atoms with van der Waals surface area (Å²) in [7, 11) is 0. The molecule has 1 aromatic carbocycles. The van der Waals surface area contributed by atoms with Gasteiger partial charge in [0.1, 0.15) is 0 Å². The molecule has 2 aliphatic rings. The van der Waals surface area contributed by atoms with Gasteiger partial charge in [0, 0.05) is 13.0 Å². The SMILES string of the molecule is FC(F)(F)c1cc2c(cc1C1CCNC1)OCCCO2. The average molecular weight is 287 g/mol. The molecule has 1 fully saturated rings. The molecule has 6 heteroatoms. The van der Waals surface area contributed by atoms with Gasteiger partial charge in [-0.3, -0.25) is 0 Å². The normalized spacial score (nSPS) is 22.6. The summed E-state index contributed by atoms with van der Waals surface area (Å²) in [6.45, 7) is 2.18. The van der Waals surface area contributed by atoms with E-state index in [-0.39, 0.29) is 11.7 Å². The molecule has 1 N–H and O–H groups in total. The van der Waals surface area contributed by atoms with Crippen LogP contribution in [-0.4, -0.2) is 26.3 Å². The van der Waals surface area contributed by atoms with Crippen LogP contribution in [0, 0.1) is 0 Å². The minimum Gasteiger partial charge on any atom is -0.490 e. The Bertz CT molecular complexity index is 496. The van der Waals surface area contributed by atoms with Crippen LogP contribution >= 0.6 is 0 Å². The molecular formula is C14H16F3NO2. The predicted molar refractivity (Wildman–Crippen MR) is 67.3 cm³/mol. The first-order valence-electron chi connectivity index (χ1n) is 6.77. The van der Waals surface area contributed by atoms with Gasteiger partial charge in [-0.1, -0.05) is 0 Å². The van der Waals surface area contributed by atoms with Crippen molar-refractivity contribution in [2.75, 3.05) is 26.3 Å². The van der Waals surface area contributed by atoms with Crippen LogP contribution in [0.1, 0.15) is 29.9 Å². The van der Waals surface area contributed by atoms with Crippen molar-refractivity contribution in [2.45, 2.75) is 24.9 Å². The minimum absolute atomic E-state index is 0.122. The molecule has 1 aromatic rings. The highest BCUT2D eigenvalue weighted by atomic mass is 19.4. The van der Waals surface area contributed by atoms with Gasteiger partial charge >= 0.3 is 6.18 Å². The summed E-state index contributed by atoms with van der Waals surface area (Å²) in [5, 5.41) is 3.10. The van der Waals surface area contributed by atoms with Crippen molar-refractivity contribution in [1.82, 2.24) is 5.32 Å². The summed E-state index contributed by atoms with van der Waals surface area (Å²) in [5.74, 6) is 0.505. The van der Waals surface area contributed by atoms with Crippen molar-refractivity contribution in [3.63, 3.8) is 0 Å². The zero-order chi connectivity index (χ0) is 14.2. The number of nitrogens with one attached hydrogen (secondary N) is 1. The van der Waals surface area contributed by atoms with Crippen molar-refractivity contribution in [1.29, 1.82) is 0 Å². The van der Waals surface area contributed by atoms with E-state index >= 15 is 0 Å². The Morgan fingerprint density at radius 2 is 1.80 bits per heavy atom. The molecule has 110 valence electrons. The van der Waals surface area contributed by atoms with Gasteiger partial charge in [0.15, 0.2) is 11.5 Å².